The molecule has 0 unspecified atom stereocenters. The molecule has 8 nitrogen and oxygen atoms in total. The van der Waals surface area contributed by atoms with Gasteiger partial charge in [0.05, 0.1) is 18.7 Å². The summed E-state index contributed by atoms with van der Waals surface area (Å²) in [5, 5.41) is 0. The van der Waals surface area contributed by atoms with Crippen molar-refractivity contribution in [1.82, 2.24) is 19.8 Å². The molecule has 0 N–H and O–H groups in total. The lowest BCUT2D eigenvalue weighted by Crippen LogP contribution is -2.42. The van der Waals surface area contributed by atoms with Crippen molar-refractivity contribution in [2.24, 2.45) is 5.92 Å². The van der Waals surface area contributed by atoms with Crippen molar-refractivity contribution in [1.29, 1.82) is 0 Å². The van der Waals surface area contributed by atoms with Crippen molar-refractivity contribution >= 4 is 11.8 Å². The lowest BCUT2D eigenvalue weighted by molar-refractivity contribution is -0.135. The Hall–Kier alpha value is -2.22. The van der Waals surface area contributed by atoms with Crippen molar-refractivity contribution in [3.05, 3.63) is 18.6 Å². The van der Waals surface area contributed by atoms with E-state index in [-0.39, 0.29) is 29.9 Å². The third-order valence-electron chi connectivity index (χ3n) is 5.42. The van der Waals surface area contributed by atoms with Crippen LogP contribution in [-0.4, -0.2) is 76.6 Å². The molecular formula is C18H24N4O4. The highest BCUT2D eigenvalue weighted by Gasteiger charge is 2.41. The Kier molecular flexibility index (Phi) is 5.01. The zero-order valence-corrected chi connectivity index (χ0v) is 14.7. The Labute approximate surface area is 152 Å². The number of amides is 2. The van der Waals surface area contributed by atoms with Gasteiger partial charge in [-0.05, 0) is 12.8 Å². The van der Waals surface area contributed by atoms with Gasteiger partial charge in [-0.3, -0.25) is 14.6 Å². The Morgan fingerprint density at radius 1 is 1.19 bits per heavy atom. The fourth-order valence-electron chi connectivity index (χ4n) is 4.05. The molecule has 0 aliphatic carbocycles. The van der Waals surface area contributed by atoms with E-state index >= 15 is 0 Å². The molecule has 1 aromatic heterocycles. The number of carbonyl (C=O) groups excluding carboxylic acids is 2. The van der Waals surface area contributed by atoms with Gasteiger partial charge in [-0.2, -0.15) is 0 Å². The second-order valence-electron chi connectivity index (χ2n) is 7.15. The summed E-state index contributed by atoms with van der Waals surface area (Å²) in [6, 6.07) is 0.223. The highest BCUT2D eigenvalue weighted by Crippen LogP contribution is 2.27. The van der Waals surface area contributed by atoms with Crippen LogP contribution in [0.5, 0.6) is 5.88 Å². The summed E-state index contributed by atoms with van der Waals surface area (Å²) >= 11 is 0. The third-order valence-corrected chi connectivity index (χ3v) is 5.42. The van der Waals surface area contributed by atoms with Crippen molar-refractivity contribution < 1.29 is 19.1 Å². The Morgan fingerprint density at radius 2 is 2.04 bits per heavy atom. The number of likely N-dealkylation sites (tertiary alicyclic amines) is 2. The molecule has 3 fully saturated rings. The van der Waals surface area contributed by atoms with Crippen molar-refractivity contribution in [2.75, 3.05) is 32.8 Å². The topological polar surface area (TPSA) is 84.9 Å². The summed E-state index contributed by atoms with van der Waals surface area (Å²) in [6.07, 6.45) is 7.51. The number of hydrogen-bond acceptors (Lipinski definition) is 6. The van der Waals surface area contributed by atoms with Gasteiger partial charge in [0.1, 0.15) is 6.10 Å². The van der Waals surface area contributed by atoms with E-state index in [1.54, 1.807) is 18.6 Å². The number of carbonyl (C=O) groups is 2. The zero-order valence-electron chi connectivity index (χ0n) is 14.7. The van der Waals surface area contributed by atoms with Crippen LogP contribution < -0.4 is 4.74 Å². The van der Waals surface area contributed by atoms with E-state index in [9.17, 15) is 9.59 Å². The summed E-state index contributed by atoms with van der Waals surface area (Å²) in [7, 11) is 0. The molecule has 2 atom stereocenters. The molecule has 1 aromatic rings. The van der Waals surface area contributed by atoms with Gasteiger partial charge in [0.2, 0.25) is 17.7 Å². The second-order valence-corrected chi connectivity index (χ2v) is 7.15. The van der Waals surface area contributed by atoms with E-state index in [1.807, 2.05) is 9.80 Å². The molecule has 3 aliphatic heterocycles. The van der Waals surface area contributed by atoms with Crippen molar-refractivity contribution in [2.45, 2.75) is 37.8 Å². The fourth-order valence-corrected chi connectivity index (χ4v) is 4.05. The fraction of sp³-hybridized carbons (Fsp3) is 0.667. The Morgan fingerprint density at radius 3 is 2.81 bits per heavy atom. The van der Waals surface area contributed by atoms with E-state index in [0.717, 1.165) is 19.3 Å². The first-order chi connectivity index (χ1) is 12.7. The molecule has 3 saturated heterocycles. The first-order valence-electron chi connectivity index (χ1n) is 9.29. The summed E-state index contributed by atoms with van der Waals surface area (Å²) < 4.78 is 11.2. The van der Waals surface area contributed by atoms with Crippen LogP contribution >= 0.6 is 0 Å². The van der Waals surface area contributed by atoms with Crippen LogP contribution in [-0.2, 0) is 14.3 Å². The maximum Gasteiger partial charge on any atom is 0.232 e. The number of aromatic nitrogens is 2. The van der Waals surface area contributed by atoms with Gasteiger partial charge >= 0.3 is 0 Å². The summed E-state index contributed by atoms with van der Waals surface area (Å²) in [5.41, 5.74) is 0. The molecule has 3 aliphatic rings. The minimum Gasteiger partial charge on any atom is -0.471 e. The minimum absolute atomic E-state index is 0.0677. The average molecular weight is 360 g/mol. The van der Waals surface area contributed by atoms with Crippen molar-refractivity contribution in [3.63, 3.8) is 0 Å². The van der Waals surface area contributed by atoms with Crippen LogP contribution in [0.2, 0.25) is 0 Å². The quantitative estimate of drug-likeness (QED) is 0.777. The van der Waals surface area contributed by atoms with Crippen LogP contribution in [0.1, 0.15) is 25.7 Å². The van der Waals surface area contributed by atoms with Gasteiger partial charge in [0.15, 0.2) is 0 Å². The lowest BCUT2D eigenvalue weighted by Gasteiger charge is -2.31. The lowest BCUT2D eigenvalue weighted by atomic mass is 10.1. The molecule has 0 spiro atoms. The van der Waals surface area contributed by atoms with Gasteiger partial charge in [-0.1, -0.05) is 0 Å². The molecule has 4 rings (SSSR count). The molecule has 0 bridgehead atoms. The van der Waals surface area contributed by atoms with Gasteiger partial charge in [-0.15, -0.1) is 0 Å². The normalized spacial score (nSPS) is 27.2. The van der Waals surface area contributed by atoms with Crippen LogP contribution in [0.25, 0.3) is 0 Å². The molecule has 140 valence electrons. The maximum absolute atomic E-state index is 12.9. The number of nitrogens with zero attached hydrogens (tertiary/aromatic N) is 4. The number of hydrogen-bond donors (Lipinski definition) is 0. The number of ether oxygens (including phenoxy) is 2. The molecular weight excluding hydrogens is 336 g/mol. The third kappa shape index (κ3) is 3.65. The summed E-state index contributed by atoms with van der Waals surface area (Å²) in [4.78, 5) is 37.1. The minimum atomic E-state index is -0.236. The van der Waals surface area contributed by atoms with E-state index in [2.05, 4.69) is 9.97 Å². The molecule has 8 heteroatoms. The molecule has 0 saturated carbocycles. The highest BCUT2D eigenvalue weighted by molar-refractivity contribution is 5.89. The van der Waals surface area contributed by atoms with Crippen LogP contribution in [0.3, 0.4) is 0 Å². The van der Waals surface area contributed by atoms with E-state index in [1.165, 1.54) is 0 Å². The largest absolute Gasteiger partial charge is 0.471 e. The standard InChI is InChI=1S/C18H24N4O4/c23-17-9-13(11-22(17)14-2-7-25-8-3-14)18(24)21-6-1-15(12-21)26-16-10-19-4-5-20-16/h4-5,10,13-15H,1-3,6-9,11-12H2/t13-,15-/m1/s1. The monoisotopic (exact) mass is 360 g/mol. The van der Waals surface area contributed by atoms with Gasteiger partial charge < -0.3 is 19.3 Å². The molecule has 0 aromatic carbocycles. The van der Waals surface area contributed by atoms with E-state index in [4.69, 9.17) is 9.47 Å². The second kappa shape index (κ2) is 7.57. The van der Waals surface area contributed by atoms with Crippen molar-refractivity contribution in [3.8, 4) is 5.88 Å². The van der Waals surface area contributed by atoms with E-state index < -0.39 is 0 Å². The SMILES string of the molecule is O=C([C@@H]1CC(=O)N(C2CCOCC2)C1)N1CC[C@@H](Oc2cnccn2)C1. The van der Waals surface area contributed by atoms with E-state index in [0.29, 0.717) is 45.1 Å². The maximum atomic E-state index is 12.9. The van der Waals surface area contributed by atoms with Crippen LogP contribution in [0.15, 0.2) is 18.6 Å². The van der Waals surface area contributed by atoms with Crippen LogP contribution in [0.4, 0.5) is 0 Å². The van der Waals surface area contributed by atoms with Gasteiger partial charge in [0.25, 0.3) is 0 Å². The predicted molar refractivity (Wildman–Crippen MR) is 91.3 cm³/mol. The smallest absolute Gasteiger partial charge is 0.232 e. The Balaban J connectivity index is 1.31. The highest BCUT2D eigenvalue weighted by atomic mass is 16.5. The average Bonchev–Trinajstić information content (AvgIpc) is 3.29. The Bertz CT molecular complexity index is 650. The van der Waals surface area contributed by atoms with Gasteiger partial charge in [-0.25, -0.2) is 4.98 Å². The molecule has 2 amide bonds. The molecule has 26 heavy (non-hydrogen) atoms. The molecule has 0 radical (unpaired) electrons. The summed E-state index contributed by atoms with van der Waals surface area (Å²) in [5.74, 6) is 0.411. The summed E-state index contributed by atoms with van der Waals surface area (Å²) in [6.45, 7) is 3.12. The first-order valence-corrected chi connectivity index (χ1v) is 9.29. The molecule has 4 heterocycles. The predicted octanol–water partition coefficient (Wildman–Crippen LogP) is 0.484. The van der Waals surface area contributed by atoms with Gasteiger partial charge in [0, 0.05) is 57.6 Å². The zero-order chi connectivity index (χ0) is 17.9. The first kappa shape index (κ1) is 17.2. The number of rotatable bonds is 4. The van der Waals surface area contributed by atoms with Crippen LogP contribution in [0, 0.1) is 5.92 Å².